The molecule has 134 valence electrons. The molecule has 0 unspecified atom stereocenters. The Morgan fingerprint density at radius 2 is 1.63 bits per heavy atom. The summed E-state index contributed by atoms with van der Waals surface area (Å²) in [6, 6.07) is 18.7. The molecule has 0 radical (unpaired) electrons. The summed E-state index contributed by atoms with van der Waals surface area (Å²) in [7, 11) is 0. The number of halogens is 1. The second-order valence-electron chi connectivity index (χ2n) is 6.12. The first-order chi connectivity index (χ1) is 13.1. The van der Waals surface area contributed by atoms with E-state index >= 15 is 0 Å². The minimum Gasteiger partial charge on any atom is -0.355 e. The Kier molecular flexibility index (Phi) is 4.30. The summed E-state index contributed by atoms with van der Waals surface area (Å²) >= 11 is 0. The van der Waals surface area contributed by atoms with Crippen LogP contribution in [0.2, 0.25) is 0 Å². The van der Waals surface area contributed by atoms with Crippen molar-refractivity contribution in [1.82, 2.24) is 5.32 Å². The summed E-state index contributed by atoms with van der Waals surface area (Å²) < 4.78 is 13.8. The SMILES string of the molecule is O=C(Nc1ccc(Nc2ccccc2)c2c1C(=O)NC2)c1ccccc1F. The number of rotatable bonds is 4. The average Bonchev–Trinajstić information content (AvgIpc) is 3.07. The van der Waals surface area contributed by atoms with Crippen LogP contribution in [0.3, 0.4) is 0 Å². The van der Waals surface area contributed by atoms with Crippen LogP contribution in [0.15, 0.2) is 66.7 Å². The summed E-state index contributed by atoms with van der Waals surface area (Å²) in [5.74, 6) is -1.48. The zero-order chi connectivity index (χ0) is 18.8. The van der Waals surface area contributed by atoms with Crippen LogP contribution in [0.5, 0.6) is 0 Å². The Hall–Kier alpha value is -3.67. The first-order valence-electron chi connectivity index (χ1n) is 8.45. The van der Waals surface area contributed by atoms with Crippen molar-refractivity contribution >= 4 is 28.9 Å². The fourth-order valence-electron chi connectivity index (χ4n) is 3.08. The predicted octanol–water partition coefficient (Wildman–Crippen LogP) is 4.07. The molecule has 3 N–H and O–H groups in total. The highest BCUT2D eigenvalue weighted by molar-refractivity contribution is 6.11. The monoisotopic (exact) mass is 361 g/mol. The van der Waals surface area contributed by atoms with Crippen LogP contribution in [-0.2, 0) is 6.54 Å². The van der Waals surface area contributed by atoms with Crippen LogP contribution in [0, 0.1) is 5.82 Å². The van der Waals surface area contributed by atoms with Crippen molar-refractivity contribution in [2.24, 2.45) is 0 Å². The number of hydrogen-bond acceptors (Lipinski definition) is 3. The van der Waals surface area contributed by atoms with Crippen molar-refractivity contribution < 1.29 is 14.0 Å². The third-order valence-electron chi connectivity index (χ3n) is 4.39. The Morgan fingerprint density at radius 1 is 0.926 bits per heavy atom. The number of nitrogens with one attached hydrogen (secondary N) is 3. The molecule has 0 fully saturated rings. The van der Waals surface area contributed by atoms with E-state index in [0.717, 1.165) is 16.9 Å². The van der Waals surface area contributed by atoms with Crippen LogP contribution in [0.4, 0.5) is 21.5 Å². The second kappa shape index (κ2) is 6.92. The average molecular weight is 361 g/mol. The van der Waals surface area contributed by atoms with Gasteiger partial charge < -0.3 is 16.0 Å². The smallest absolute Gasteiger partial charge is 0.258 e. The summed E-state index contributed by atoms with van der Waals surface area (Å²) in [4.78, 5) is 24.7. The van der Waals surface area contributed by atoms with Gasteiger partial charge in [-0.25, -0.2) is 4.39 Å². The number of carbonyl (C=O) groups excluding carboxylic acids is 2. The lowest BCUT2D eigenvalue weighted by Gasteiger charge is -2.14. The van der Waals surface area contributed by atoms with Gasteiger partial charge in [-0.3, -0.25) is 9.59 Å². The lowest BCUT2D eigenvalue weighted by molar-refractivity contribution is 0.0966. The number of amides is 2. The number of hydrogen-bond donors (Lipinski definition) is 3. The van der Waals surface area contributed by atoms with Crippen molar-refractivity contribution in [3.63, 3.8) is 0 Å². The molecule has 0 aromatic heterocycles. The Labute approximate surface area is 155 Å². The Morgan fingerprint density at radius 3 is 2.41 bits per heavy atom. The van der Waals surface area contributed by atoms with Gasteiger partial charge >= 0.3 is 0 Å². The first-order valence-corrected chi connectivity index (χ1v) is 8.45. The molecule has 0 spiro atoms. The molecule has 5 nitrogen and oxygen atoms in total. The van der Waals surface area contributed by atoms with Crippen molar-refractivity contribution in [3.05, 3.63) is 89.2 Å². The molecule has 0 saturated heterocycles. The van der Waals surface area contributed by atoms with Gasteiger partial charge in [0.15, 0.2) is 0 Å². The minimum absolute atomic E-state index is 0.0730. The van der Waals surface area contributed by atoms with Gasteiger partial charge in [0.2, 0.25) is 0 Å². The highest BCUT2D eigenvalue weighted by Gasteiger charge is 2.27. The van der Waals surface area contributed by atoms with Crippen LogP contribution < -0.4 is 16.0 Å². The van der Waals surface area contributed by atoms with Crippen LogP contribution in [0.1, 0.15) is 26.3 Å². The standard InChI is InChI=1S/C21H16FN3O2/c22-16-9-5-4-8-14(16)20(26)25-18-11-10-17(15-12-23-21(27)19(15)18)24-13-6-2-1-3-7-13/h1-11,24H,12H2,(H,23,27)(H,25,26). The van der Waals surface area contributed by atoms with E-state index in [9.17, 15) is 14.0 Å². The van der Waals surface area contributed by atoms with E-state index in [2.05, 4.69) is 16.0 Å². The van der Waals surface area contributed by atoms with Crippen molar-refractivity contribution in [2.75, 3.05) is 10.6 Å². The van der Waals surface area contributed by atoms with Crippen molar-refractivity contribution in [1.29, 1.82) is 0 Å². The quantitative estimate of drug-likeness (QED) is 0.656. The van der Waals surface area contributed by atoms with Gasteiger partial charge in [-0.1, -0.05) is 30.3 Å². The molecule has 3 aromatic carbocycles. The maximum Gasteiger partial charge on any atom is 0.258 e. The fourth-order valence-corrected chi connectivity index (χ4v) is 3.08. The summed E-state index contributed by atoms with van der Waals surface area (Å²) in [5, 5.41) is 8.71. The van der Waals surface area contributed by atoms with Crippen LogP contribution >= 0.6 is 0 Å². The van der Waals surface area contributed by atoms with Crippen LogP contribution in [0.25, 0.3) is 0 Å². The van der Waals surface area contributed by atoms with Crippen molar-refractivity contribution in [2.45, 2.75) is 6.54 Å². The van der Waals surface area contributed by atoms with E-state index in [4.69, 9.17) is 0 Å². The normalized spacial score (nSPS) is 12.3. The molecule has 6 heteroatoms. The molecule has 1 aliphatic rings. The van der Waals surface area contributed by atoms with Gasteiger partial charge in [0, 0.05) is 23.5 Å². The number of benzene rings is 3. The number of anilines is 3. The second-order valence-corrected chi connectivity index (χ2v) is 6.12. The van der Waals surface area contributed by atoms with Gasteiger partial charge in [-0.05, 0) is 36.4 Å². The van der Waals surface area contributed by atoms with E-state index in [1.807, 2.05) is 30.3 Å². The molecule has 27 heavy (non-hydrogen) atoms. The Bertz CT molecular complexity index is 1030. The Balaban J connectivity index is 1.67. The third kappa shape index (κ3) is 3.25. The van der Waals surface area contributed by atoms with Gasteiger partial charge in [-0.15, -0.1) is 0 Å². The zero-order valence-corrected chi connectivity index (χ0v) is 14.3. The lowest BCUT2D eigenvalue weighted by Crippen LogP contribution is -2.18. The number of para-hydroxylation sites is 1. The van der Waals surface area contributed by atoms with Crippen molar-refractivity contribution in [3.8, 4) is 0 Å². The number of fused-ring (bicyclic) bond motifs is 1. The molecule has 1 aliphatic heterocycles. The van der Waals surface area contributed by atoms with E-state index in [-0.39, 0.29) is 11.5 Å². The molecule has 3 aromatic rings. The van der Waals surface area contributed by atoms with E-state index in [1.54, 1.807) is 18.2 Å². The third-order valence-corrected chi connectivity index (χ3v) is 4.39. The molecular weight excluding hydrogens is 345 g/mol. The largest absolute Gasteiger partial charge is 0.355 e. The minimum atomic E-state index is -0.613. The van der Waals surface area contributed by atoms with Gasteiger partial charge in [0.25, 0.3) is 11.8 Å². The molecular formula is C21H16FN3O2. The number of carbonyl (C=O) groups is 2. The molecule has 0 aliphatic carbocycles. The molecule has 0 bridgehead atoms. The first kappa shape index (κ1) is 16.8. The molecule has 0 atom stereocenters. The molecule has 2 amide bonds. The highest BCUT2D eigenvalue weighted by atomic mass is 19.1. The summed E-state index contributed by atoms with van der Waals surface area (Å²) in [5.41, 5.74) is 3.10. The van der Waals surface area contributed by atoms with E-state index in [0.29, 0.717) is 17.8 Å². The van der Waals surface area contributed by atoms with Gasteiger partial charge in [0.1, 0.15) is 5.82 Å². The highest BCUT2D eigenvalue weighted by Crippen LogP contribution is 2.33. The van der Waals surface area contributed by atoms with E-state index < -0.39 is 11.7 Å². The van der Waals surface area contributed by atoms with Crippen LogP contribution in [-0.4, -0.2) is 11.8 Å². The summed E-state index contributed by atoms with van der Waals surface area (Å²) in [6.07, 6.45) is 0. The molecule has 4 rings (SSSR count). The zero-order valence-electron chi connectivity index (χ0n) is 14.3. The summed E-state index contributed by atoms with van der Waals surface area (Å²) in [6.45, 7) is 0.354. The topological polar surface area (TPSA) is 70.2 Å². The predicted molar refractivity (Wildman–Crippen MR) is 102 cm³/mol. The lowest BCUT2D eigenvalue weighted by atomic mass is 10.0. The van der Waals surface area contributed by atoms with Gasteiger partial charge in [0.05, 0.1) is 16.8 Å². The van der Waals surface area contributed by atoms with Gasteiger partial charge in [-0.2, -0.15) is 0 Å². The van der Waals surface area contributed by atoms with E-state index in [1.165, 1.54) is 18.2 Å². The molecule has 1 heterocycles. The molecule has 0 saturated carbocycles. The maximum absolute atomic E-state index is 13.8. The fraction of sp³-hybridized carbons (Fsp3) is 0.0476. The maximum atomic E-state index is 13.8.